The molecule has 1 amide bonds. The van der Waals surface area contributed by atoms with Gasteiger partial charge in [0.05, 0.1) is 54.2 Å². The standard InChI is InChI=1S/C32H35N7O4S/c1-20-13-14-22(31(40)34-26-16-23(32(3,4)5)17-27(30(26)43-6)36-44(7,41)42)15-29(20)38-19-28(35-37-38)25-18-33-39(21(25)2)24-11-9-8-10-12-24/h8-19,36H,1-7H3,(H,34,40). The Balaban J connectivity index is 1.47. The number of aromatic nitrogens is 5. The molecule has 0 saturated carbocycles. The van der Waals surface area contributed by atoms with Crippen LogP contribution in [0.1, 0.15) is 48.0 Å². The van der Waals surface area contributed by atoms with Crippen molar-refractivity contribution in [3.05, 3.63) is 95.4 Å². The zero-order valence-electron chi connectivity index (χ0n) is 25.7. The Morgan fingerprint density at radius 2 is 1.68 bits per heavy atom. The molecule has 0 fully saturated rings. The van der Waals surface area contributed by atoms with Crippen LogP contribution in [-0.2, 0) is 15.4 Å². The predicted octanol–water partition coefficient (Wildman–Crippen LogP) is 5.67. The first-order valence-corrected chi connectivity index (χ1v) is 15.8. The minimum Gasteiger partial charge on any atom is -0.492 e. The number of anilines is 2. The molecule has 2 N–H and O–H groups in total. The molecule has 0 aliphatic carbocycles. The second kappa shape index (κ2) is 11.6. The van der Waals surface area contributed by atoms with Crippen LogP contribution in [0.5, 0.6) is 5.75 Å². The van der Waals surface area contributed by atoms with Crippen molar-refractivity contribution < 1.29 is 17.9 Å². The normalized spacial score (nSPS) is 11.8. The number of carbonyl (C=O) groups is 1. The second-order valence-electron chi connectivity index (χ2n) is 11.6. The van der Waals surface area contributed by atoms with E-state index in [2.05, 4.69) is 25.4 Å². The molecule has 228 valence electrons. The van der Waals surface area contributed by atoms with Gasteiger partial charge in [-0.3, -0.25) is 9.52 Å². The van der Waals surface area contributed by atoms with E-state index >= 15 is 0 Å². The lowest BCUT2D eigenvalue weighted by molar-refractivity contribution is 0.102. The molecule has 44 heavy (non-hydrogen) atoms. The van der Waals surface area contributed by atoms with E-state index in [0.717, 1.165) is 34.3 Å². The molecule has 5 rings (SSSR count). The minimum atomic E-state index is -3.61. The van der Waals surface area contributed by atoms with Crippen molar-refractivity contribution in [3.8, 4) is 28.4 Å². The SMILES string of the molecule is COc1c(NC(=O)c2ccc(C)c(-n3cc(-c4cnn(-c5ccccc5)c4C)nn3)c2)cc(C(C)(C)C)cc1NS(C)(=O)=O. The third-order valence-electron chi connectivity index (χ3n) is 7.20. The third-order valence-corrected chi connectivity index (χ3v) is 7.79. The Morgan fingerprint density at radius 3 is 2.34 bits per heavy atom. The van der Waals surface area contributed by atoms with Crippen LogP contribution >= 0.6 is 0 Å². The average Bonchev–Trinajstić information content (AvgIpc) is 3.59. The number of benzene rings is 3. The maximum absolute atomic E-state index is 13.6. The number of hydrogen-bond acceptors (Lipinski definition) is 7. The Bertz CT molecular complexity index is 1960. The summed E-state index contributed by atoms with van der Waals surface area (Å²) in [5, 5.41) is 16.2. The van der Waals surface area contributed by atoms with E-state index in [1.54, 1.807) is 35.1 Å². The van der Waals surface area contributed by atoms with Gasteiger partial charge in [0.15, 0.2) is 5.75 Å². The summed E-state index contributed by atoms with van der Waals surface area (Å²) in [6.45, 7) is 9.90. The summed E-state index contributed by atoms with van der Waals surface area (Å²) in [7, 11) is -2.18. The predicted molar refractivity (Wildman–Crippen MR) is 172 cm³/mol. The minimum absolute atomic E-state index is 0.205. The highest BCUT2D eigenvalue weighted by molar-refractivity contribution is 7.92. The van der Waals surface area contributed by atoms with Crippen molar-refractivity contribution in [2.75, 3.05) is 23.4 Å². The fraction of sp³-hybridized carbons (Fsp3) is 0.250. The number of carbonyl (C=O) groups excluding carboxylic acids is 1. The number of hydrogen-bond donors (Lipinski definition) is 2. The third kappa shape index (κ3) is 6.35. The molecule has 0 saturated heterocycles. The zero-order chi connectivity index (χ0) is 31.8. The Hall–Kier alpha value is -4.97. The first kappa shape index (κ1) is 30.5. The number of amides is 1. The lowest BCUT2D eigenvalue weighted by Crippen LogP contribution is -2.18. The molecule has 0 aliphatic rings. The van der Waals surface area contributed by atoms with Gasteiger partial charge in [-0.2, -0.15) is 5.10 Å². The molecule has 2 aromatic heterocycles. The topological polar surface area (TPSA) is 133 Å². The summed E-state index contributed by atoms with van der Waals surface area (Å²) in [6.07, 6.45) is 4.64. The molecule has 0 atom stereocenters. The van der Waals surface area contributed by atoms with Crippen molar-refractivity contribution in [2.24, 2.45) is 0 Å². The average molecular weight is 614 g/mol. The van der Waals surface area contributed by atoms with Crippen LogP contribution in [0.15, 0.2) is 73.1 Å². The van der Waals surface area contributed by atoms with Crippen LogP contribution in [0.3, 0.4) is 0 Å². The van der Waals surface area contributed by atoms with Crippen LogP contribution in [0.2, 0.25) is 0 Å². The number of ether oxygens (including phenoxy) is 1. The smallest absolute Gasteiger partial charge is 0.255 e. The monoisotopic (exact) mass is 613 g/mol. The van der Waals surface area contributed by atoms with Crippen LogP contribution in [0, 0.1) is 13.8 Å². The van der Waals surface area contributed by atoms with Crippen molar-refractivity contribution in [1.82, 2.24) is 24.8 Å². The Kier molecular flexibility index (Phi) is 8.04. The van der Waals surface area contributed by atoms with E-state index in [0.29, 0.717) is 22.6 Å². The zero-order valence-corrected chi connectivity index (χ0v) is 26.5. The first-order chi connectivity index (χ1) is 20.7. The van der Waals surface area contributed by atoms with Gasteiger partial charge in [0.1, 0.15) is 5.69 Å². The van der Waals surface area contributed by atoms with E-state index in [1.807, 2.05) is 81.9 Å². The fourth-order valence-electron chi connectivity index (χ4n) is 4.84. The molecular weight excluding hydrogens is 578 g/mol. The number of para-hydroxylation sites is 1. The van der Waals surface area contributed by atoms with Crippen LogP contribution in [-0.4, -0.2) is 52.5 Å². The second-order valence-corrected chi connectivity index (χ2v) is 13.4. The van der Waals surface area contributed by atoms with Crippen molar-refractivity contribution in [1.29, 1.82) is 0 Å². The number of aryl methyl sites for hydroxylation is 1. The maximum atomic E-state index is 13.6. The highest BCUT2D eigenvalue weighted by Gasteiger charge is 2.23. The van der Waals surface area contributed by atoms with Gasteiger partial charge >= 0.3 is 0 Å². The Morgan fingerprint density at radius 1 is 0.977 bits per heavy atom. The molecule has 11 nitrogen and oxygen atoms in total. The van der Waals surface area contributed by atoms with Gasteiger partial charge in [0, 0.05) is 11.1 Å². The summed E-state index contributed by atoms with van der Waals surface area (Å²) in [5.41, 5.74) is 6.35. The summed E-state index contributed by atoms with van der Waals surface area (Å²) < 4.78 is 35.7. The van der Waals surface area contributed by atoms with Crippen LogP contribution in [0.4, 0.5) is 11.4 Å². The number of methoxy groups -OCH3 is 1. The van der Waals surface area contributed by atoms with Gasteiger partial charge in [-0.05, 0) is 66.8 Å². The van der Waals surface area contributed by atoms with E-state index in [9.17, 15) is 13.2 Å². The van der Waals surface area contributed by atoms with Gasteiger partial charge in [0.2, 0.25) is 10.0 Å². The summed E-state index contributed by atoms with van der Waals surface area (Å²) >= 11 is 0. The van der Waals surface area contributed by atoms with Gasteiger partial charge in [-0.15, -0.1) is 5.10 Å². The summed E-state index contributed by atoms with van der Waals surface area (Å²) in [6, 6.07) is 18.6. The molecule has 12 heteroatoms. The van der Waals surface area contributed by atoms with E-state index < -0.39 is 15.9 Å². The lowest BCUT2D eigenvalue weighted by Gasteiger charge is -2.24. The Labute approximate surface area is 256 Å². The molecule has 2 heterocycles. The molecule has 0 bridgehead atoms. The molecular formula is C32H35N7O4S. The number of rotatable bonds is 8. The van der Waals surface area contributed by atoms with E-state index in [-0.39, 0.29) is 16.9 Å². The molecule has 0 spiro atoms. The first-order valence-electron chi connectivity index (χ1n) is 13.9. The van der Waals surface area contributed by atoms with Crippen molar-refractivity contribution in [2.45, 2.75) is 40.0 Å². The van der Waals surface area contributed by atoms with E-state index in [4.69, 9.17) is 4.74 Å². The lowest BCUT2D eigenvalue weighted by atomic mass is 9.86. The van der Waals surface area contributed by atoms with Crippen molar-refractivity contribution in [3.63, 3.8) is 0 Å². The van der Waals surface area contributed by atoms with Gasteiger partial charge in [-0.25, -0.2) is 17.8 Å². The number of sulfonamides is 1. The van der Waals surface area contributed by atoms with Crippen LogP contribution in [0.25, 0.3) is 22.6 Å². The molecule has 0 unspecified atom stereocenters. The maximum Gasteiger partial charge on any atom is 0.255 e. The van der Waals surface area contributed by atoms with Gasteiger partial charge in [-0.1, -0.05) is 50.3 Å². The van der Waals surface area contributed by atoms with Crippen molar-refractivity contribution >= 4 is 27.3 Å². The van der Waals surface area contributed by atoms with E-state index in [1.165, 1.54) is 7.11 Å². The largest absolute Gasteiger partial charge is 0.492 e. The van der Waals surface area contributed by atoms with Crippen LogP contribution < -0.4 is 14.8 Å². The summed E-state index contributed by atoms with van der Waals surface area (Å²) in [5.74, 6) is -0.197. The molecule has 0 aliphatic heterocycles. The quantitative estimate of drug-likeness (QED) is 0.231. The fourth-order valence-corrected chi connectivity index (χ4v) is 5.39. The van der Waals surface area contributed by atoms with Gasteiger partial charge < -0.3 is 10.1 Å². The number of nitrogens with zero attached hydrogens (tertiary/aromatic N) is 5. The summed E-state index contributed by atoms with van der Waals surface area (Å²) in [4.78, 5) is 13.6. The van der Waals surface area contributed by atoms with Gasteiger partial charge in [0.25, 0.3) is 5.91 Å². The number of nitrogens with one attached hydrogen (secondary N) is 2. The highest BCUT2D eigenvalue weighted by Crippen LogP contribution is 2.39. The molecule has 0 radical (unpaired) electrons. The molecule has 5 aromatic rings. The highest BCUT2D eigenvalue weighted by atomic mass is 32.2. The molecule has 3 aromatic carbocycles.